The van der Waals surface area contributed by atoms with Gasteiger partial charge in [0.25, 0.3) is 5.91 Å². The number of carbonyl (C=O) groups excluding carboxylic acids is 2. The van der Waals surface area contributed by atoms with Gasteiger partial charge in [-0.05, 0) is 81.3 Å². The highest BCUT2D eigenvalue weighted by atomic mass is 35.5. The normalized spacial score (nSPS) is 24.9. The molecule has 39 heavy (non-hydrogen) atoms. The number of hydrogen-bond acceptors (Lipinski definition) is 7. The molecule has 2 heterocycles. The largest absolute Gasteiger partial charge is 0.514 e. The molecule has 5 rings (SSSR count). The Hall–Kier alpha value is -2.81. The minimum atomic E-state index is -0.771. The van der Waals surface area contributed by atoms with Gasteiger partial charge in [-0.15, -0.1) is 0 Å². The Morgan fingerprint density at radius 1 is 1.03 bits per heavy atom. The summed E-state index contributed by atoms with van der Waals surface area (Å²) in [7, 11) is 0. The Morgan fingerprint density at radius 2 is 1.69 bits per heavy atom. The summed E-state index contributed by atoms with van der Waals surface area (Å²) in [5, 5.41) is 9.56. The van der Waals surface area contributed by atoms with E-state index in [0.29, 0.717) is 39.0 Å². The number of amides is 1. The van der Waals surface area contributed by atoms with Crippen molar-refractivity contribution in [3.8, 4) is 5.75 Å². The first-order chi connectivity index (χ1) is 18.5. The van der Waals surface area contributed by atoms with Gasteiger partial charge in [0.15, 0.2) is 0 Å². The minimum Gasteiger partial charge on any atom is -0.428 e. The maximum absolute atomic E-state index is 13.5. The molecular formula is C29H34Cl2N4O4. The van der Waals surface area contributed by atoms with Crippen LogP contribution in [0.5, 0.6) is 5.75 Å². The smallest absolute Gasteiger partial charge is 0.428 e. The number of benzene rings is 2. The van der Waals surface area contributed by atoms with Crippen LogP contribution < -0.4 is 15.2 Å². The van der Waals surface area contributed by atoms with Crippen LogP contribution in [0.3, 0.4) is 0 Å². The van der Waals surface area contributed by atoms with Gasteiger partial charge in [-0.3, -0.25) is 15.2 Å². The molecule has 1 amide bonds. The van der Waals surface area contributed by atoms with Crippen molar-refractivity contribution in [2.75, 3.05) is 18.1 Å². The van der Waals surface area contributed by atoms with Gasteiger partial charge in [-0.1, -0.05) is 48.7 Å². The maximum Gasteiger partial charge on any atom is 0.514 e. The molecule has 0 radical (unpaired) electrons. The molecule has 0 spiro atoms. The SMILES string of the molecule is CC1C(C(=O)NN2CC3CCCC3C2)=NN(c2ccc(Cl)cc2Cl)C1c1ccc(OC(=O)OC(C)(C)C)cc1. The molecule has 2 fully saturated rings. The molecule has 2 aromatic rings. The van der Waals surface area contributed by atoms with E-state index in [1.165, 1.54) is 19.3 Å². The quantitative estimate of drug-likeness (QED) is 0.320. The molecule has 1 N–H and O–H groups in total. The summed E-state index contributed by atoms with van der Waals surface area (Å²) in [6.45, 7) is 9.08. The molecule has 2 aromatic carbocycles. The molecule has 10 heteroatoms. The predicted molar refractivity (Wildman–Crippen MR) is 152 cm³/mol. The van der Waals surface area contributed by atoms with E-state index in [0.717, 1.165) is 18.7 Å². The monoisotopic (exact) mass is 572 g/mol. The number of nitrogens with zero attached hydrogens (tertiary/aromatic N) is 3. The molecule has 1 saturated carbocycles. The maximum atomic E-state index is 13.5. The van der Waals surface area contributed by atoms with Crippen molar-refractivity contribution >= 4 is 46.7 Å². The topological polar surface area (TPSA) is 83.5 Å². The van der Waals surface area contributed by atoms with E-state index in [4.69, 9.17) is 37.8 Å². The Labute approximate surface area is 239 Å². The fourth-order valence-corrected chi connectivity index (χ4v) is 6.31. The van der Waals surface area contributed by atoms with Gasteiger partial charge in [0, 0.05) is 24.0 Å². The second-order valence-electron chi connectivity index (χ2n) is 11.6. The van der Waals surface area contributed by atoms with Gasteiger partial charge in [0.1, 0.15) is 17.1 Å². The second-order valence-corrected chi connectivity index (χ2v) is 12.4. The first-order valence-corrected chi connectivity index (χ1v) is 14.1. The number of anilines is 1. The van der Waals surface area contributed by atoms with Crippen molar-refractivity contribution in [3.63, 3.8) is 0 Å². The summed E-state index contributed by atoms with van der Waals surface area (Å²) in [4.78, 5) is 25.6. The van der Waals surface area contributed by atoms with Crippen molar-refractivity contribution < 1.29 is 19.1 Å². The summed E-state index contributed by atoms with van der Waals surface area (Å²) in [5.41, 5.74) is 4.41. The molecule has 0 aromatic heterocycles. The summed E-state index contributed by atoms with van der Waals surface area (Å²) in [6.07, 6.45) is 2.97. The number of ether oxygens (including phenoxy) is 2. The van der Waals surface area contributed by atoms with Crippen molar-refractivity contribution in [2.24, 2.45) is 22.9 Å². The third kappa shape index (κ3) is 6.18. The molecule has 208 valence electrons. The highest BCUT2D eigenvalue weighted by molar-refractivity contribution is 6.41. The molecule has 4 unspecified atom stereocenters. The van der Waals surface area contributed by atoms with Crippen LogP contribution in [0.2, 0.25) is 10.0 Å². The number of hydrazine groups is 1. The zero-order valence-electron chi connectivity index (χ0n) is 22.6. The first kappa shape index (κ1) is 27.7. The fraction of sp³-hybridized carbons (Fsp3) is 0.483. The highest BCUT2D eigenvalue weighted by Crippen LogP contribution is 2.43. The van der Waals surface area contributed by atoms with Crippen molar-refractivity contribution in [1.82, 2.24) is 10.4 Å². The summed E-state index contributed by atoms with van der Waals surface area (Å²) in [6, 6.07) is 12.0. The van der Waals surface area contributed by atoms with Crippen LogP contribution in [-0.2, 0) is 9.53 Å². The molecule has 8 nitrogen and oxygen atoms in total. The van der Waals surface area contributed by atoms with Gasteiger partial charge < -0.3 is 9.47 Å². The number of carbonyl (C=O) groups is 2. The minimum absolute atomic E-state index is 0.204. The third-order valence-corrected chi connectivity index (χ3v) is 8.11. The van der Waals surface area contributed by atoms with Crippen LogP contribution in [0, 0.1) is 17.8 Å². The second kappa shape index (κ2) is 11.0. The van der Waals surface area contributed by atoms with E-state index < -0.39 is 11.8 Å². The molecule has 1 aliphatic carbocycles. The number of hydrogen-bond donors (Lipinski definition) is 1. The van der Waals surface area contributed by atoms with E-state index in [9.17, 15) is 9.59 Å². The molecule has 0 bridgehead atoms. The molecule has 4 atom stereocenters. The van der Waals surface area contributed by atoms with Gasteiger partial charge in [0.05, 0.1) is 16.8 Å². The Balaban J connectivity index is 1.38. The number of hydrazone groups is 1. The van der Waals surface area contributed by atoms with E-state index >= 15 is 0 Å². The number of rotatable bonds is 5. The van der Waals surface area contributed by atoms with Gasteiger partial charge >= 0.3 is 6.16 Å². The van der Waals surface area contributed by atoms with Crippen molar-refractivity contribution in [1.29, 1.82) is 0 Å². The molecule has 3 aliphatic rings. The average Bonchev–Trinajstić information content (AvgIpc) is 3.52. The van der Waals surface area contributed by atoms with Crippen LogP contribution in [-0.4, -0.2) is 41.5 Å². The lowest BCUT2D eigenvalue weighted by Gasteiger charge is -2.28. The lowest BCUT2D eigenvalue weighted by Crippen LogP contribution is -2.45. The summed E-state index contributed by atoms with van der Waals surface area (Å²) >= 11 is 12.7. The molecule has 2 aliphatic heterocycles. The van der Waals surface area contributed by atoms with E-state index in [2.05, 4.69) is 5.43 Å². The van der Waals surface area contributed by atoms with E-state index in [1.54, 1.807) is 56.1 Å². The first-order valence-electron chi connectivity index (χ1n) is 13.4. The zero-order valence-corrected chi connectivity index (χ0v) is 24.1. The van der Waals surface area contributed by atoms with Gasteiger partial charge in [-0.2, -0.15) is 5.10 Å². The standard InChI is InChI=1S/C29H34Cl2N4O4/c1-17-25(27(36)33-34-15-19-6-5-7-20(19)16-34)32-35(24-13-10-21(30)14-23(24)31)26(17)18-8-11-22(12-9-18)38-28(37)39-29(2,3)4/h8-14,17,19-20,26H,5-7,15-16H2,1-4H3,(H,33,36). The molecule has 1 saturated heterocycles. The van der Waals surface area contributed by atoms with E-state index in [-0.39, 0.29) is 17.9 Å². The van der Waals surface area contributed by atoms with Crippen LogP contribution in [0.4, 0.5) is 10.5 Å². The van der Waals surface area contributed by atoms with Crippen LogP contribution >= 0.6 is 23.2 Å². The van der Waals surface area contributed by atoms with Crippen molar-refractivity contribution in [2.45, 2.75) is 58.6 Å². The summed E-state index contributed by atoms with van der Waals surface area (Å²) in [5.74, 6) is 1.22. The Kier molecular flexibility index (Phi) is 7.82. The van der Waals surface area contributed by atoms with Crippen molar-refractivity contribution in [3.05, 3.63) is 58.1 Å². The van der Waals surface area contributed by atoms with Crippen LogP contribution in [0.15, 0.2) is 47.6 Å². The highest BCUT2D eigenvalue weighted by Gasteiger charge is 2.42. The number of fused-ring (bicyclic) bond motifs is 1. The van der Waals surface area contributed by atoms with Gasteiger partial charge in [0.2, 0.25) is 0 Å². The Bertz CT molecular complexity index is 1270. The lowest BCUT2D eigenvalue weighted by atomic mass is 9.91. The van der Waals surface area contributed by atoms with E-state index in [1.807, 2.05) is 24.1 Å². The number of nitrogens with one attached hydrogen (secondary N) is 1. The zero-order chi connectivity index (χ0) is 27.9. The Morgan fingerprint density at radius 3 is 2.31 bits per heavy atom. The lowest BCUT2D eigenvalue weighted by molar-refractivity contribution is -0.119. The van der Waals surface area contributed by atoms with Crippen LogP contribution in [0.1, 0.15) is 58.6 Å². The molecular weight excluding hydrogens is 539 g/mol. The van der Waals surface area contributed by atoms with Gasteiger partial charge in [-0.25, -0.2) is 9.80 Å². The summed E-state index contributed by atoms with van der Waals surface area (Å²) < 4.78 is 10.6. The van der Waals surface area contributed by atoms with Crippen LogP contribution in [0.25, 0.3) is 0 Å². The third-order valence-electron chi connectivity index (χ3n) is 7.57. The fourth-order valence-electron chi connectivity index (χ4n) is 5.81. The number of halogens is 2. The average molecular weight is 574 g/mol. The predicted octanol–water partition coefficient (Wildman–Crippen LogP) is 6.62.